The topological polar surface area (TPSA) is 62.5 Å². The van der Waals surface area contributed by atoms with Gasteiger partial charge in [0.25, 0.3) is 0 Å². The average Bonchev–Trinajstić information content (AvgIpc) is 2.65. The lowest BCUT2D eigenvalue weighted by Gasteiger charge is -1.94. The van der Waals surface area contributed by atoms with E-state index in [2.05, 4.69) is 15.2 Å². The number of rotatable bonds is 2. The molecular weight excluding hydrogens is 228 g/mol. The first-order valence-electron chi connectivity index (χ1n) is 4.12. The van der Waals surface area contributed by atoms with Gasteiger partial charge in [0, 0.05) is 11.1 Å². The van der Waals surface area contributed by atoms with Gasteiger partial charge in [-0.1, -0.05) is 23.1 Å². The summed E-state index contributed by atoms with van der Waals surface area (Å²) in [7, 11) is 0. The van der Waals surface area contributed by atoms with Crippen molar-refractivity contribution in [3.8, 4) is 6.07 Å². The predicted molar refractivity (Wildman–Crippen MR) is 57.7 cm³/mol. The first kappa shape index (κ1) is 10.1. The fraction of sp³-hybridized carbons (Fsp3) is 0.111. The maximum Gasteiger partial charge on any atom is 0.179 e. The van der Waals surface area contributed by atoms with Crippen molar-refractivity contribution in [3.05, 3.63) is 29.0 Å². The second-order valence-electron chi connectivity index (χ2n) is 2.68. The molecule has 0 saturated carbocycles. The number of nitrogens with zero attached hydrogens (tertiary/aromatic N) is 4. The second-order valence-corrected chi connectivity index (χ2v) is 5.18. The van der Waals surface area contributed by atoms with Crippen LogP contribution in [-0.4, -0.2) is 15.2 Å². The molecule has 0 amide bonds. The molecule has 0 radical (unpaired) electrons. The molecule has 0 spiro atoms. The summed E-state index contributed by atoms with van der Waals surface area (Å²) < 4.78 is 0.888. The Hall–Kier alpha value is -1.45. The van der Waals surface area contributed by atoms with Gasteiger partial charge in [-0.15, -0.1) is 10.2 Å². The molecule has 0 aliphatic carbocycles. The Morgan fingerprint density at radius 1 is 1.40 bits per heavy atom. The van der Waals surface area contributed by atoms with Gasteiger partial charge in [-0.25, -0.2) is 4.98 Å². The van der Waals surface area contributed by atoms with Crippen LogP contribution in [0.15, 0.2) is 27.6 Å². The minimum atomic E-state index is 0.424. The van der Waals surface area contributed by atoms with Crippen molar-refractivity contribution in [3.63, 3.8) is 0 Å². The van der Waals surface area contributed by atoms with Gasteiger partial charge in [-0.2, -0.15) is 5.26 Å². The van der Waals surface area contributed by atoms with E-state index in [0.29, 0.717) is 5.69 Å². The quantitative estimate of drug-likeness (QED) is 0.797. The SMILES string of the molecule is Cc1nnc(Sc2ccc(C#N)nc2)s1. The summed E-state index contributed by atoms with van der Waals surface area (Å²) in [5, 5.41) is 17.4. The van der Waals surface area contributed by atoms with E-state index >= 15 is 0 Å². The van der Waals surface area contributed by atoms with Gasteiger partial charge in [-0.3, -0.25) is 0 Å². The molecule has 0 aliphatic heterocycles. The molecule has 0 unspecified atom stereocenters. The summed E-state index contributed by atoms with van der Waals surface area (Å²) in [5.41, 5.74) is 0.424. The Kier molecular flexibility index (Phi) is 2.94. The van der Waals surface area contributed by atoms with Crippen molar-refractivity contribution < 1.29 is 0 Å². The van der Waals surface area contributed by atoms with Gasteiger partial charge in [-0.05, 0) is 19.1 Å². The van der Waals surface area contributed by atoms with E-state index in [4.69, 9.17) is 5.26 Å². The highest BCUT2D eigenvalue weighted by atomic mass is 32.2. The Bertz CT molecular complexity index is 498. The summed E-state index contributed by atoms with van der Waals surface area (Å²) in [6.45, 7) is 1.92. The minimum absolute atomic E-state index is 0.424. The molecule has 15 heavy (non-hydrogen) atoms. The molecule has 0 N–H and O–H groups in total. The van der Waals surface area contributed by atoms with E-state index in [1.165, 1.54) is 11.8 Å². The lowest BCUT2D eigenvalue weighted by molar-refractivity contribution is 0.983. The van der Waals surface area contributed by atoms with Gasteiger partial charge in [0.1, 0.15) is 16.8 Å². The van der Waals surface area contributed by atoms with Crippen LogP contribution in [0, 0.1) is 18.3 Å². The fourth-order valence-corrected chi connectivity index (χ4v) is 2.69. The van der Waals surface area contributed by atoms with Gasteiger partial charge in [0.15, 0.2) is 4.34 Å². The van der Waals surface area contributed by atoms with Crippen LogP contribution < -0.4 is 0 Å². The predicted octanol–water partition coefficient (Wildman–Crippen LogP) is 2.26. The highest BCUT2D eigenvalue weighted by molar-refractivity contribution is 8.01. The standard InChI is InChI=1S/C9H6N4S2/c1-6-12-13-9(14-6)15-8-3-2-7(4-10)11-5-8/h2-3,5H,1H3. The third kappa shape index (κ3) is 2.52. The molecule has 0 saturated heterocycles. The normalized spacial score (nSPS) is 9.87. The Morgan fingerprint density at radius 2 is 2.27 bits per heavy atom. The van der Waals surface area contributed by atoms with E-state index in [0.717, 1.165) is 14.2 Å². The Balaban J connectivity index is 2.15. The first-order chi connectivity index (χ1) is 7.28. The second kappa shape index (κ2) is 4.38. The smallest absolute Gasteiger partial charge is 0.179 e. The molecule has 2 heterocycles. The Labute approximate surface area is 95.0 Å². The molecule has 74 valence electrons. The molecule has 2 rings (SSSR count). The number of hydrogen-bond acceptors (Lipinski definition) is 6. The van der Waals surface area contributed by atoms with Crippen LogP contribution in [0.2, 0.25) is 0 Å². The molecule has 2 aromatic heterocycles. The molecule has 4 nitrogen and oxygen atoms in total. The maximum atomic E-state index is 8.58. The number of pyridine rings is 1. The molecule has 6 heteroatoms. The molecule has 2 aromatic rings. The van der Waals surface area contributed by atoms with E-state index in [9.17, 15) is 0 Å². The van der Waals surface area contributed by atoms with Gasteiger partial charge in [0.05, 0.1) is 0 Å². The average molecular weight is 234 g/mol. The molecule has 0 bridgehead atoms. The largest absolute Gasteiger partial charge is 0.244 e. The molecular formula is C9H6N4S2. The Morgan fingerprint density at radius 3 is 2.80 bits per heavy atom. The summed E-state index contributed by atoms with van der Waals surface area (Å²) in [6.07, 6.45) is 1.67. The van der Waals surface area contributed by atoms with Crippen LogP contribution >= 0.6 is 23.1 Å². The van der Waals surface area contributed by atoms with Crippen LogP contribution in [0.25, 0.3) is 0 Å². The van der Waals surface area contributed by atoms with Crippen LogP contribution in [-0.2, 0) is 0 Å². The third-order valence-electron chi connectivity index (χ3n) is 1.56. The summed E-state index contributed by atoms with van der Waals surface area (Å²) >= 11 is 3.04. The summed E-state index contributed by atoms with van der Waals surface area (Å²) in [6, 6.07) is 5.52. The summed E-state index contributed by atoms with van der Waals surface area (Å²) in [4.78, 5) is 4.94. The van der Waals surface area contributed by atoms with Crippen molar-refractivity contribution >= 4 is 23.1 Å². The van der Waals surface area contributed by atoms with Crippen LogP contribution in [0.4, 0.5) is 0 Å². The fourth-order valence-electron chi connectivity index (χ4n) is 0.927. The van der Waals surface area contributed by atoms with Crippen molar-refractivity contribution in [1.29, 1.82) is 5.26 Å². The van der Waals surface area contributed by atoms with E-state index < -0.39 is 0 Å². The third-order valence-corrected chi connectivity index (χ3v) is 3.43. The number of aromatic nitrogens is 3. The van der Waals surface area contributed by atoms with Crippen LogP contribution in [0.1, 0.15) is 10.7 Å². The lowest BCUT2D eigenvalue weighted by atomic mass is 10.4. The van der Waals surface area contributed by atoms with Gasteiger partial charge in [0.2, 0.25) is 0 Å². The number of aryl methyl sites for hydroxylation is 1. The zero-order valence-corrected chi connectivity index (χ0v) is 9.47. The summed E-state index contributed by atoms with van der Waals surface area (Å²) in [5.74, 6) is 0. The highest BCUT2D eigenvalue weighted by Crippen LogP contribution is 2.29. The minimum Gasteiger partial charge on any atom is -0.244 e. The lowest BCUT2D eigenvalue weighted by Crippen LogP contribution is -1.81. The van der Waals surface area contributed by atoms with Crippen LogP contribution in [0.5, 0.6) is 0 Å². The zero-order chi connectivity index (χ0) is 10.7. The number of nitriles is 1. The van der Waals surface area contributed by atoms with Crippen molar-refractivity contribution in [1.82, 2.24) is 15.2 Å². The zero-order valence-electron chi connectivity index (χ0n) is 7.84. The van der Waals surface area contributed by atoms with Gasteiger partial charge < -0.3 is 0 Å². The highest BCUT2D eigenvalue weighted by Gasteiger charge is 2.03. The number of hydrogen-bond donors (Lipinski definition) is 0. The monoisotopic (exact) mass is 234 g/mol. The van der Waals surface area contributed by atoms with E-state index in [1.807, 2.05) is 19.1 Å². The first-order valence-corrected chi connectivity index (χ1v) is 5.75. The molecule has 0 atom stereocenters. The van der Waals surface area contributed by atoms with Crippen molar-refractivity contribution in [2.24, 2.45) is 0 Å². The van der Waals surface area contributed by atoms with Gasteiger partial charge >= 0.3 is 0 Å². The van der Waals surface area contributed by atoms with Crippen LogP contribution in [0.3, 0.4) is 0 Å². The van der Waals surface area contributed by atoms with Crippen molar-refractivity contribution in [2.45, 2.75) is 16.2 Å². The van der Waals surface area contributed by atoms with E-state index in [-0.39, 0.29) is 0 Å². The molecule has 0 fully saturated rings. The molecule has 0 aliphatic rings. The van der Waals surface area contributed by atoms with E-state index in [1.54, 1.807) is 23.6 Å². The maximum absolute atomic E-state index is 8.58. The van der Waals surface area contributed by atoms with Crippen molar-refractivity contribution in [2.75, 3.05) is 0 Å². The molecule has 0 aromatic carbocycles.